The van der Waals surface area contributed by atoms with Crippen LogP contribution in [0.3, 0.4) is 0 Å². The van der Waals surface area contributed by atoms with Gasteiger partial charge in [-0.05, 0) is 40.2 Å². The van der Waals surface area contributed by atoms with E-state index < -0.39 is 17.5 Å². The van der Waals surface area contributed by atoms with Crippen LogP contribution in [-0.2, 0) is 0 Å². The molecular formula is C15H11BrF2N2O2. The van der Waals surface area contributed by atoms with Crippen LogP contribution in [0, 0.1) is 11.6 Å². The molecule has 0 unspecified atom stereocenters. The van der Waals surface area contributed by atoms with Gasteiger partial charge in [0.1, 0.15) is 17.7 Å². The van der Waals surface area contributed by atoms with E-state index in [0.717, 1.165) is 16.6 Å². The lowest BCUT2D eigenvalue weighted by atomic mass is 10.1. The van der Waals surface area contributed by atoms with E-state index in [4.69, 9.17) is 4.74 Å². The number of nitrogens with zero attached hydrogens (tertiary/aromatic N) is 2. The third-order valence-corrected chi connectivity index (χ3v) is 3.90. The third-order valence-electron chi connectivity index (χ3n) is 3.30. The number of halogens is 3. The van der Waals surface area contributed by atoms with Crippen LogP contribution in [0.25, 0.3) is 0 Å². The molecule has 0 radical (unpaired) electrons. The quantitative estimate of drug-likeness (QED) is 0.836. The van der Waals surface area contributed by atoms with Gasteiger partial charge in [-0.25, -0.2) is 13.8 Å². The van der Waals surface area contributed by atoms with Crippen LogP contribution >= 0.6 is 15.9 Å². The topological polar surface area (TPSA) is 42.4 Å². The molecule has 1 saturated heterocycles. The highest BCUT2D eigenvalue weighted by Gasteiger charge is 2.34. The van der Waals surface area contributed by atoms with E-state index >= 15 is 0 Å². The van der Waals surface area contributed by atoms with E-state index in [9.17, 15) is 13.6 Å². The number of carbonyl (C=O) groups excluding carboxylic acids is 1. The zero-order valence-corrected chi connectivity index (χ0v) is 12.9. The Bertz CT molecular complexity index is 720. The van der Waals surface area contributed by atoms with Gasteiger partial charge in [-0.15, -0.1) is 0 Å². The van der Waals surface area contributed by atoms with Crippen molar-refractivity contribution < 1.29 is 18.3 Å². The Morgan fingerprint density at radius 3 is 2.77 bits per heavy atom. The Balaban J connectivity index is 1.61. The second-order valence-corrected chi connectivity index (χ2v) is 5.72. The molecule has 0 atom stereocenters. The largest absolute Gasteiger partial charge is 0.470 e. The Kier molecular flexibility index (Phi) is 4.06. The van der Waals surface area contributed by atoms with E-state index in [1.165, 1.54) is 4.90 Å². The van der Waals surface area contributed by atoms with Gasteiger partial charge >= 0.3 is 0 Å². The van der Waals surface area contributed by atoms with Crippen molar-refractivity contribution in [3.63, 3.8) is 0 Å². The number of hydrogen-bond acceptors (Lipinski definition) is 3. The summed E-state index contributed by atoms with van der Waals surface area (Å²) in [5.74, 6) is -1.59. The first-order chi connectivity index (χ1) is 10.5. The van der Waals surface area contributed by atoms with Crippen molar-refractivity contribution in [1.29, 1.82) is 0 Å². The molecule has 0 saturated carbocycles. The van der Waals surface area contributed by atoms with Gasteiger partial charge in [0.05, 0.1) is 23.1 Å². The highest BCUT2D eigenvalue weighted by molar-refractivity contribution is 9.10. The summed E-state index contributed by atoms with van der Waals surface area (Å²) in [5.41, 5.74) is -0.140. The summed E-state index contributed by atoms with van der Waals surface area (Å²) in [6.07, 6.45) is 1.41. The zero-order chi connectivity index (χ0) is 15.7. The minimum absolute atomic E-state index is 0.140. The molecule has 22 heavy (non-hydrogen) atoms. The average Bonchev–Trinajstić information content (AvgIpc) is 2.43. The van der Waals surface area contributed by atoms with Gasteiger partial charge in [0.25, 0.3) is 5.91 Å². The van der Waals surface area contributed by atoms with Crippen LogP contribution in [-0.4, -0.2) is 35.0 Å². The van der Waals surface area contributed by atoms with Crippen LogP contribution < -0.4 is 4.74 Å². The van der Waals surface area contributed by atoms with Crippen LogP contribution in [0.5, 0.6) is 5.88 Å². The molecule has 1 fully saturated rings. The SMILES string of the molecule is O=C(c1ccc(F)cc1F)N1CC(Oc2ncccc2Br)C1. The van der Waals surface area contributed by atoms with Crippen molar-refractivity contribution in [3.8, 4) is 5.88 Å². The average molecular weight is 369 g/mol. The number of ether oxygens (including phenoxy) is 1. The molecule has 1 amide bonds. The molecule has 7 heteroatoms. The lowest BCUT2D eigenvalue weighted by Crippen LogP contribution is -2.56. The second kappa shape index (κ2) is 6.00. The highest BCUT2D eigenvalue weighted by Crippen LogP contribution is 2.25. The van der Waals surface area contributed by atoms with Crippen molar-refractivity contribution in [2.24, 2.45) is 0 Å². The molecule has 1 aliphatic heterocycles. The normalized spacial score (nSPS) is 14.6. The lowest BCUT2D eigenvalue weighted by molar-refractivity contribution is 0.0153. The minimum atomic E-state index is -0.859. The Morgan fingerprint density at radius 1 is 1.32 bits per heavy atom. The van der Waals surface area contributed by atoms with Gasteiger partial charge in [0.15, 0.2) is 0 Å². The predicted octanol–water partition coefficient (Wildman–Crippen LogP) is 3.03. The molecule has 3 rings (SSSR count). The summed E-state index contributed by atoms with van der Waals surface area (Å²) in [6, 6.07) is 6.49. The Labute approximate surface area is 133 Å². The van der Waals surface area contributed by atoms with Crippen molar-refractivity contribution in [3.05, 3.63) is 58.2 Å². The van der Waals surface area contributed by atoms with Gasteiger partial charge in [-0.1, -0.05) is 0 Å². The fourth-order valence-corrected chi connectivity index (χ4v) is 2.48. The number of carbonyl (C=O) groups is 1. The molecule has 2 heterocycles. The van der Waals surface area contributed by atoms with Gasteiger partial charge < -0.3 is 9.64 Å². The lowest BCUT2D eigenvalue weighted by Gasteiger charge is -2.38. The van der Waals surface area contributed by atoms with Gasteiger partial charge in [0.2, 0.25) is 5.88 Å². The van der Waals surface area contributed by atoms with Gasteiger partial charge in [-0.3, -0.25) is 4.79 Å². The Morgan fingerprint density at radius 2 is 2.09 bits per heavy atom. The Hall–Kier alpha value is -2.02. The van der Waals surface area contributed by atoms with E-state index in [0.29, 0.717) is 25.0 Å². The molecular weight excluding hydrogens is 358 g/mol. The number of likely N-dealkylation sites (tertiary alicyclic amines) is 1. The molecule has 0 N–H and O–H groups in total. The number of aromatic nitrogens is 1. The first-order valence-electron chi connectivity index (χ1n) is 6.56. The summed E-state index contributed by atoms with van der Waals surface area (Å²) in [6.45, 7) is 0.664. The maximum absolute atomic E-state index is 13.6. The number of amides is 1. The monoisotopic (exact) mass is 368 g/mol. The molecule has 1 aromatic heterocycles. The number of rotatable bonds is 3. The minimum Gasteiger partial charge on any atom is -0.470 e. The van der Waals surface area contributed by atoms with Crippen molar-refractivity contribution >= 4 is 21.8 Å². The summed E-state index contributed by atoms with van der Waals surface area (Å²) >= 11 is 3.32. The molecule has 2 aromatic rings. The van der Waals surface area contributed by atoms with Crippen LogP contribution in [0.1, 0.15) is 10.4 Å². The zero-order valence-electron chi connectivity index (χ0n) is 11.3. The number of pyridine rings is 1. The molecule has 114 valence electrons. The van der Waals surface area contributed by atoms with Crippen molar-refractivity contribution in [2.75, 3.05) is 13.1 Å². The van der Waals surface area contributed by atoms with Crippen LogP contribution in [0.2, 0.25) is 0 Å². The molecule has 0 aliphatic carbocycles. The molecule has 0 bridgehead atoms. The van der Waals surface area contributed by atoms with Crippen LogP contribution in [0.15, 0.2) is 41.0 Å². The summed E-state index contributed by atoms with van der Waals surface area (Å²) in [4.78, 5) is 17.6. The van der Waals surface area contributed by atoms with Crippen molar-refractivity contribution in [1.82, 2.24) is 9.88 Å². The van der Waals surface area contributed by atoms with Gasteiger partial charge in [-0.2, -0.15) is 0 Å². The van der Waals surface area contributed by atoms with Gasteiger partial charge in [0, 0.05) is 12.3 Å². The maximum atomic E-state index is 13.6. The first-order valence-corrected chi connectivity index (χ1v) is 7.35. The smallest absolute Gasteiger partial charge is 0.257 e. The molecule has 1 aliphatic rings. The molecule has 1 aromatic carbocycles. The predicted molar refractivity (Wildman–Crippen MR) is 78.6 cm³/mol. The number of benzene rings is 1. The van der Waals surface area contributed by atoms with Crippen molar-refractivity contribution in [2.45, 2.75) is 6.10 Å². The summed E-state index contributed by atoms with van der Waals surface area (Å²) in [7, 11) is 0. The molecule has 0 spiro atoms. The summed E-state index contributed by atoms with van der Waals surface area (Å²) in [5, 5.41) is 0. The van der Waals surface area contributed by atoms with E-state index in [2.05, 4.69) is 20.9 Å². The standard InChI is InChI=1S/C15H11BrF2N2O2/c16-12-2-1-5-19-14(12)22-10-7-20(8-10)15(21)11-4-3-9(17)6-13(11)18/h1-6,10H,7-8H2. The fourth-order valence-electron chi connectivity index (χ4n) is 2.13. The fraction of sp³-hybridized carbons (Fsp3) is 0.200. The van der Waals surface area contributed by atoms with Crippen LogP contribution in [0.4, 0.5) is 8.78 Å². The number of hydrogen-bond donors (Lipinski definition) is 0. The maximum Gasteiger partial charge on any atom is 0.257 e. The third kappa shape index (κ3) is 2.94. The second-order valence-electron chi connectivity index (χ2n) is 4.86. The molecule has 4 nitrogen and oxygen atoms in total. The van der Waals surface area contributed by atoms with E-state index in [-0.39, 0.29) is 11.7 Å². The van der Waals surface area contributed by atoms with E-state index in [1.807, 2.05) is 0 Å². The highest BCUT2D eigenvalue weighted by atomic mass is 79.9. The summed E-state index contributed by atoms with van der Waals surface area (Å²) < 4.78 is 32.8. The first kappa shape index (κ1) is 14.9. The van der Waals surface area contributed by atoms with E-state index in [1.54, 1.807) is 18.3 Å².